The van der Waals surface area contributed by atoms with Gasteiger partial charge in [0, 0.05) is 44.2 Å². The number of likely N-dealkylation sites (tertiary alicyclic amines) is 1. The van der Waals surface area contributed by atoms with Gasteiger partial charge in [0.25, 0.3) is 0 Å². The van der Waals surface area contributed by atoms with Crippen LogP contribution in [0.3, 0.4) is 0 Å². The second kappa shape index (κ2) is 7.60. The number of nitrogens with zero attached hydrogens (tertiary/aromatic N) is 4. The lowest BCUT2D eigenvalue weighted by Crippen LogP contribution is -2.27. The predicted molar refractivity (Wildman–Crippen MR) is 103 cm³/mol. The van der Waals surface area contributed by atoms with E-state index in [1.165, 1.54) is 0 Å². The van der Waals surface area contributed by atoms with Gasteiger partial charge < -0.3 is 24.1 Å². The summed E-state index contributed by atoms with van der Waals surface area (Å²) in [4.78, 5) is 2.49. The Bertz CT molecular complexity index is 853. The van der Waals surface area contributed by atoms with Gasteiger partial charge in [0.1, 0.15) is 30.6 Å². The first kappa shape index (κ1) is 17.8. The summed E-state index contributed by atoms with van der Waals surface area (Å²) in [6.45, 7) is 5.90. The third-order valence-electron chi connectivity index (χ3n) is 5.87. The zero-order chi connectivity index (χ0) is 18.9. The Kier molecular flexibility index (Phi) is 4.82. The van der Waals surface area contributed by atoms with Crippen LogP contribution >= 0.6 is 0 Å². The molecule has 1 atom stereocenters. The number of fused-ring (bicyclic) bond motifs is 2. The van der Waals surface area contributed by atoms with Crippen molar-refractivity contribution in [1.29, 1.82) is 0 Å². The average Bonchev–Trinajstić information content (AvgIpc) is 3.27. The molecule has 8 nitrogen and oxygen atoms in total. The van der Waals surface area contributed by atoms with E-state index in [1.807, 2.05) is 6.07 Å². The molecular formula is C20H27N5O3. The Balaban J connectivity index is 1.42. The molecule has 1 N–H and O–H groups in total. The third-order valence-corrected chi connectivity index (χ3v) is 5.87. The highest BCUT2D eigenvalue weighted by Gasteiger charge is 2.32. The van der Waals surface area contributed by atoms with Gasteiger partial charge in [-0.2, -0.15) is 0 Å². The molecule has 0 spiro atoms. The number of benzene rings is 1. The van der Waals surface area contributed by atoms with Gasteiger partial charge in [-0.1, -0.05) is 0 Å². The van der Waals surface area contributed by atoms with Crippen molar-refractivity contribution in [2.75, 3.05) is 40.0 Å². The zero-order valence-electron chi connectivity index (χ0n) is 16.3. The Morgan fingerprint density at radius 3 is 2.86 bits per heavy atom. The molecule has 5 rings (SSSR count). The maximum absolute atomic E-state index is 5.78. The lowest BCUT2D eigenvalue weighted by atomic mass is 10.1. The van der Waals surface area contributed by atoms with Crippen LogP contribution in [0.2, 0.25) is 0 Å². The molecule has 1 aromatic carbocycles. The van der Waals surface area contributed by atoms with Crippen LogP contribution < -0.4 is 19.5 Å². The van der Waals surface area contributed by atoms with E-state index < -0.39 is 0 Å². The number of hydrogen-bond acceptors (Lipinski definition) is 7. The van der Waals surface area contributed by atoms with E-state index in [1.54, 1.807) is 7.11 Å². The lowest BCUT2D eigenvalue weighted by Gasteiger charge is -2.26. The SMILES string of the molecule is COc1cc2c(cc1CN1CCC[C@H]1c1nnc3n1CCNCC3)OCCO2. The van der Waals surface area contributed by atoms with E-state index in [0.29, 0.717) is 13.2 Å². The van der Waals surface area contributed by atoms with Crippen molar-refractivity contribution in [3.8, 4) is 17.2 Å². The maximum atomic E-state index is 5.78. The van der Waals surface area contributed by atoms with Crippen molar-refractivity contribution in [3.05, 3.63) is 29.3 Å². The maximum Gasteiger partial charge on any atom is 0.165 e. The third kappa shape index (κ3) is 3.20. The minimum atomic E-state index is 0.289. The number of rotatable bonds is 4. The van der Waals surface area contributed by atoms with Gasteiger partial charge in [-0.25, -0.2) is 0 Å². The molecule has 8 heteroatoms. The molecule has 3 aliphatic rings. The summed E-state index contributed by atoms with van der Waals surface area (Å²) in [5, 5.41) is 12.5. The van der Waals surface area contributed by atoms with Crippen molar-refractivity contribution in [1.82, 2.24) is 25.0 Å². The number of nitrogens with one attached hydrogen (secondary N) is 1. The number of ether oxygens (including phenoxy) is 3. The van der Waals surface area contributed by atoms with Crippen molar-refractivity contribution in [2.24, 2.45) is 0 Å². The number of methoxy groups -OCH3 is 1. The number of aromatic nitrogens is 3. The van der Waals surface area contributed by atoms with Crippen molar-refractivity contribution in [3.63, 3.8) is 0 Å². The van der Waals surface area contributed by atoms with Crippen LogP contribution in [0.4, 0.5) is 0 Å². The smallest absolute Gasteiger partial charge is 0.165 e. The number of hydrogen-bond donors (Lipinski definition) is 1. The first-order chi connectivity index (χ1) is 13.8. The topological polar surface area (TPSA) is 73.7 Å². The summed E-state index contributed by atoms with van der Waals surface area (Å²) >= 11 is 0. The van der Waals surface area contributed by atoms with E-state index in [9.17, 15) is 0 Å². The highest BCUT2D eigenvalue weighted by atomic mass is 16.6. The van der Waals surface area contributed by atoms with Gasteiger partial charge in [0.15, 0.2) is 11.5 Å². The Hall–Kier alpha value is -2.32. The van der Waals surface area contributed by atoms with Gasteiger partial charge in [-0.15, -0.1) is 10.2 Å². The van der Waals surface area contributed by atoms with Gasteiger partial charge in [0.2, 0.25) is 0 Å². The van der Waals surface area contributed by atoms with Gasteiger partial charge in [0.05, 0.1) is 13.2 Å². The molecular weight excluding hydrogens is 358 g/mol. The Morgan fingerprint density at radius 1 is 1.14 bits per heavy atom. The molecule has 0 amide bonds. The molecule has 0 bridgehead atoms. The predicted octanol–water partition coefficient (Wildman–Crippen LogP) is 1.54. The highest BCUT2D eigenvalue weighted by molar-refractivity contribution is 5.51. The standard InChI is InChI=1S/C20H27N5O3/c1-26-16-12-18-17(27-9-10-28-18)11-14(16)13-24-7-2-3-15(24)20-23-22-19-4-5-21-6-8-25(19)20/h11-12,15,21H,2-10,13H2,1H3/t15-/m0/s1. The normalized spacial score (nSPS) is 22.0. The van der Waals surface area contributed by atoms with Crippen molar-refractivity contribution >= 4 is 0 Å². The van der Waals surface area contributed by atoms with E-state index in [2.05, 4.69) is 31.0 Å². The molecule has 1 saturated heterocycles. The molecule has 1 fully saturated rings. The summed E-state index contributed by atoms with van der Waals surface area (Å²) in [5.41, 5.74) is 1.12. The molecule has 2 aromatic rings. The van der Waals surface area contributed by atoms with Crippen LogP contribution in [0.5, 0.6) is 17.2 Å². The Labute approximate surface area is 164 Å². The van der Waals surface area contributed by atoms with E-state index in [-0.39, 0.29) is 6.04 Å². The Morgan fingerprint density at radius 2 is 2.00 bits per heavy atom. The molecule has 4 heterocycles. The fourth-order valence-electron chi connectivity index (χ4n) is 4.49. The quantitative estimate of drug-likeness (QED) is 0.856. The molecule has 150 valence electrons. The monoisotopic (exact) mass is 385 g/mol. The fraction of sp³-hybridized carbons (Fsp3) is 0.600. The molecule has 3 aliphatic heterocycles. The summed E-state index contributed by atoms with van der Waals surface area (Å²) in [7, 11) is 1.71. The van der Waals surface area contributed by atoms with Crippen molar-refractivity contribution in [2.45, 2.75) is 38.4 Å². The van der Waals surface area contributed by atoms with Crippen LogP contribution in [0.25, 0.3) is 0 Å². The van der Waals surface area contributed by atoms with Crippen LogP contribution in [-0.2, 0) is 19.5 Å². The second-order valence-corrected chi connectivity index (χ2v) is 7.56. The lowest BCUT2D eigenvalue weighted by molar-refractivity contribution is 0.169. The molecule has 0 aliphatic carbocycles. The molecule has 28 heavy (non-hydrogen) atoms. The van der Waals surface area contributed by atoms with Crippen LogP contribution in [-0.4, -0.2) is 59.6 Å². The first-order valence-corrected chi connectivity index (χ1v) is 10.2. The van der Waals surface area contributed by atoms with Crippen molar-refractivity contribution < 1.29 is 14.2 Å². The van der Waals surface area contributed by atoms with Crippen LogP contribution in [0, 0.1) is 0 Å². The summed E-state index contributed by atoms with van der Waals surface area (Å²) in [6, 6.07) is 4.30. The van der Waals surface area contributed by atoms with E-state index in [0.717, 1.165) is 86.4 Å². The molecule has 0 unspecified atom stereocenters. The van der Waals surface area contributed by atoms with E-state index >= 15 is 0 Å². The van der Waals surface area contributed by atoms with Crippen LogP contribution in [0.1, 0.15) is 36.1 Å². The second-order valence-electron chi connectivity index (χ2n) is 7.56. The summed E-state index contributed by atoms with van der Waals surface area (Å²) in [6.07, 6.45) is 3.21. The molecule has 1 aromatic heterocycles. The fourth-order valence-corrected chi connectivity index (χ4v) is 4.49. The molecule has 0 radical (unpaired) electrons. The van der Waals surface area contributed by atoms with Gasteiger partial charge >= 0.3 is 0 Å². The summed E-state index contributed by atoms with van der Waals surface area (Å²) in [5.74, 6) is 4.62. The highest BCUT2D eigenvalue weighted by Crippen LogP contribution is 2.39. The van der Waals surface area contributed by atoms with Gasteiger partial charge in [-0.05, 0) is 25.5 Å². The van der Waals surface area contributed by atoms with Crippen LogP contribution in [0.15, 0.2) is 12.1 Å². The first-order valence-electron chi connectivity index (χ1n) is 10.2. The van der Waals surface area contributed by atoms with Gasteiger partial charge in [-0.3, -0.25) is 4.90 Å². The summed E-state index contributed by atoms with van der Waals surface area (Å²) < 4.78 is 19.5. The van der Waals surface area contributed by atoms with E-state index in [4.69, 9.17) is 14.2 Å². The largest absolute Gasteiger partial charge is 0.496 e. The average molecular weight is 385 g/mol. The zero-order valence-corrected chi connectivity index (χ0v) is 16.3. The minimum Gasteiger partial charge on any atom is -0.496 e. The minimum absolute atomic E-state index is 0.289. The molecule has 0 saturated carbocycles.